The van der Waals surface area contributed by atoms with E-state index in [4.69, 9.17) is 49.3 Å². The molecule has 0 atom stereocenters. The van der Waals surface area contributed by atoms with Crippen molar-refractivity contribution in [2.75, 3.05) is 7.05 Å². The van der Waals surface area contributed by atoms with Gasteiger partial charge in [0.2, 0.25) is 5.91 Å². The van der Waals surface area contributed by atoms with Crippen molar-refractivity contribution in [2.45, 2.75) is 26.7 Å². The number of rotatable bonds is 12. The second kappa shape index (κ2) is 16.1. The first kappa shape index (κ1) is 35.5. The first-order valence-electron chi connectivity index (χ1n) is 15.9. The van der Waals surface area contributed by atoms with Gasteiger partial charge in [-0.05, 0) is 73.2 Å². The molecule has 12 heteroatoms. The van der Waals surface area contributed by atoms with Gasteiger partial charge in [0.05, 0.1) is 28.0 Å². The average molecular weight is 741 g/mol. The molecule has 2 amide bonds. The van der Waals surface area contributed by atoms with E-state index in [0.29, 0.717) is 61.2 Å². The van der Waals surface area contributed by atoms with E-state index in [1.54, 1.807) is 72.5 Å². The van der Waals surface area contributed by atoms with E-state index in [-0.39, 0.29) is 25.0 Å². The van der Waals surface area contributed by atoms with Crippen molar-refractivity contribution < 1.29 is 19.1 Å². The Bertz CT molecular complexity index is 2240. The van der Waals surface area contributed by atoms with Gasteiger partial charge in [0.25, 0.3) is 5.91 Å². The van der Waals surface area contributed by atoms with Gasteiger partial charge in [-0.2, -0.15) is 0 Å². The van der Waals surface area contributed by atoms with Gasteiger partial charge in [-0.25, -0.2) is 4.98 Å². The van der Waals surface area contributed by atoms with E-state index < -0.39 is 0 Å². The van der Waals surface area contributed by atoms with Crippen LogP contribution in [0.1, 0.15) is 38.6 Å². The number of halogens is 3. The number of para-hydroxylation sites is 1. The summed E-state index contributed by atoms with van der Waals surface area (Å²) in [5, 5.41) is 7.51. The summed E-state index contributed by atoms with van der Waals surface area (Å²) >= 11 is 20.1. The second-order valence-corrected chi connectivity index (χ2v) is 12.7. The minimum atomic E-state index is -0.310. The quantitative estimate of drug-likeness (QED) is 0.122. The summed E-state index contributed by atoms with van der Waals surface area (Å²) in [7, 11) is 1.57. The minimum absolute atomic E-state index is 0.0559. The predicted molar refractivity (Wildman–Crippen MR) is 201 cm³/mol. The molecule has 3 heterocycles. The minimum Gasteiger partial charge on any atom is -0.487 e. The third-order valence-corrected chi connectivity index (χ3v) is 8.91. The lowest BCUT2D eigenvalue weighted by Crippen LogP contribution is -2.21. The van der Waals surface area contributed by atoms with Crippen LogP contribution in [0.15, 0.2) is 103 Å². The highest BCUT2D eigenvalue weighted by Gasteiger charge is 2.18. The van der Waals surface area contributed by atoms with Crippen LogP contribution in [0.5, 0.6) is 11.5 Å². The smallest absolute Gasteiger partial charge is 0.251 e. The Morgan fingerprint density at radius 1 is 0.902 bits per heavy atom. The van der Waals surface area contributed by atoms with Gasteiger partial charge < -0.3 is 24.7 Å². The molecule has 0 unspecified atom stereocenters. The number of aryl methyl sites for hydroxylation is 1. The monoisotopic (exact) mass is 739 g/mol. The van der Waals surface area contributed by atoms with Gasteiger partial charge in [-0.3, -0.25) is 14.6 Å². The number of carbonyl (C=O) groups excluding carboxylic acids is 2. The van der Waals surface area contributed by atoms with E-state index in [2.05, 4.69) is 15.6 Å². The van der Waals surface area contributed by atoms with Gasteiger partial charge in [0, 0.05) is 64.5 Å². The number of fused-ring (bicyclic) bond motifs is 1. The van der Waals surface area contributed by atoms with Crippen LogP contribution in [0.25, 0.3) is 22.7 Å². The Hall–Kier alpha value is -5.35. The SMILES string of the molecule is CNC(=O)c1ccc(/C=C/C(=O)NCc2cc(Cl)cn2-c2ccc(Cl)c(COc3cccc4c(OCc5ccccn5)cc(C)nc34)c2Cl)cc1. The topological polar surface area (TPSA) is 107 Å². The average Bonchev–Trinajstić information content (AvgIpc) is 3.52. The number of benzene rings is 3. The highest BCUT2D eigenvalue weighted by atomic mass is 35.5. The molecule has 6 aromatic rings. The molecule has 0 saturated heterocycles. The zero-order valence-electron chi connectivity index (χ0n) is 27.6. The van der Waals surface area contributed by atoms with Crippen LogP contribution in [0.2, 0.25) is 15.1 Å². The summed E-state index contributed by atoms with van der Waals surface area (Å²) in [5.74, 6) is 0.719. The molecule has 0 aliphatic rings. The van der Waals surface area contributed by atoms with Crippen LogP contribution in [0, 0.1) is 6.92 Å². The Morgan fingerprint density at radius 3 is 2.47 bits per heavy atom. The molecule has 0 spiro atoms. The third kappa shape index (κ3) is 8.52. The number of pyridine rings is 2. The van der Waals surface area contributed by atoms with Crippen LogP contribution >= 0.6 is 34.8 Å². The second-order valence-electron chi connectivity index (χ2n) is 11.4. The molecule has 2 N–H and O–H groups in total. The number of ether oxygens (including phenoxy) is 2. The lowest BCUT2D eigenvalue weighted by molar-refractivity contribution is -0.116. The summed E-state index contributed by atoms with van der Waals surface area (Å²) in [5.41, 5.74) is 5.40. The fraction of sp³-hybridized carbons (Fsp3) is 0.128. The van der Waals surface area contributed by atoms with Gasteiger partial charge in [-0.15, -0.1) is 0 Å². The molecule has 0 saturated carbocycles. The highest BCUT2D eigenvalue weighted by Crippen LogP contribution is 2.36. The molecule has 258 valence electrons. The van der Waals surface area contributed by atoms with E-state index in [9.17, 15) is 9.59 Å². The zero-order valence-corrected chi connectivity index (χ0v) is 29.9. The molecule has 3 aromatic carbocycles. The first-order chi connectivity index (χ1) is 24.7. The van der Waals surface area contributed by atoms with Crippen LogP contribution in [0.3, 0.4) is 0 Å². The number of aromatic nitrogens is 3. The standard InChI is InChI=1S/C39H32Cl3N5O4/c1-24-18-35(50-22-28-6-3-4-17-44-28)30-7-5-8-34(38(30)46-24)51-23-31-32(41)14-15-33(37(31)42)47-21-27(40)19-29(47)20-45-36(48)16-11-25-9-12-26(13-10-25)39(49)43-2/h3-19,21H,20,22-23H2,1-2H3,(H,43,49)(H,45,48)/b16-11+. The molecular formula is C39H32Cl3N5O4. The van der Waals surface area contributed by atoms with Gasteiger partial charge >= 0.3 is 0 Å². The molecule has 0 radical (unpaired) electrons. The number of carbonyl (C=O) groups is 2. The van der Waals surface area contributed by atoms with Crippen molar-refractivity contribution in [3.05, 3.63) is 152 Å². The van der Waals surface area contributed by atoms with Gasteiger partial charge in [-0.1, -0.05) is 59.1 Å². The lowest BCUT2D eigenvalue weighted by atomic mass is 10.1. The molecule has 51 heavy (non-hydrogen) atoms. The number of nitrogens with zero attached hydrogens (tertiary/aromatic N) is 3. The molecule has 0 aliphatic carbocycles. The Labute approximate surface area is 309 Å². The van der Waals surface area contributed by atoms with Crippen LogP contribution < -0.4 is 20.1 Å². The maximum absolute atomic E-state index is 12.7. The Morgan fingerprint density at radius 2 is 1.71 bits per heavy atom. The van der Waals surface area contributed by atoms with E-state index in [1.807, 2.05) is 49.4 Å². The number of hydrogen-bond acceptors (Lipinski definition) is 6. The molecule has 0 bridgehead atoms. The van der Waals surface area contributed by atoms with Crippen molar-refractivity contribution in [1.29, 1.82) is 0 Å². The maximum Gasteiger partial charge on any atom is 0.251 e. The van der Waals surface area contributed by atoms with E-state index in [0.717, 1.165) is 22.3 Å². The molecule has 9 nitrogen and oxygen atoms in total. The Balaban J connectivity index is 1.17. The summed E-state index contributed by atoms with van der Waals surface area (Å²) < 4.78 is 14.3. The van der Waals surface area contributed by atoms with E-state index in [1.165, 1.54) is 6.08 Å². The fourth-order valence-corrected chi connectivity index (χ4v) is 6.16. The van der Waals surface area contributed by atoms with Crippen molar-refractivity contribution in [3.8, 4) is 17.2 Å². The van der Waals surface area contributed by atoms with E-state index >= 15 is 0 Å². The van der Waals surface area contributed by atoms with Crippen molar-refractivity contribution in [1.82, 2.24) is 25.2 Å². The molecule has 3 aromatic heterocycles. The van der Waals surface area contributed by atoms with Crippen LogP contribution in [0.4, 0.5) is 0 Å². The number of nitrogens with one attached hydrogen (secondary N) is 2. The highest BCUT2D eigenvalue weighted by molar-refractivity contribution is 6.37. The lowest BCUT2D eigenvalue weighted by Gasteiger charge is -2.17. The fourth-order valence-electron chi connectivity index (χ4n) is 5.37. The summed E-state index contributed by atoms with van der Waals surface area (Å²) in [6.45, 7) is 2.43. The van der Waals surface area contributed by atoms with Crippen molar-refractivity contribution >= 4 is 63.6 Å². The molecular weight excluding hydrogens is 709 g/mol. The van der Waals surface area contributed by atoms with Gasteiger partial charge in [0.15, 0.2) is 0 Å². The Kier molecular flexibility index (Phi) is 11.2. The summed E-state index contributed by atoms with van der Waals surface area (Å²) in [6, 6.07) is 25.4. The third-order valence-electron chi connectivity index (χ3n) is 7.93. The first-order valence-corrected chi connectivity index (χ1v) is 17.0. The number of hydrogen-bond donors (Lipinski definition) is 2. The van der Waals surface area contributed by atoms with Crippen LogP contribution in [-0.2, 0) is 24.6 Å². The molecule has 6 rings (SSSR count). The largest absolute Gasteiger partial charge is 0.487 e. The van der Waals surface area contributed by atoms with Crippen molar-refractivity contribution in [2.24, 2.45) is 0 Å². The normalized spacial score (nSPS) is 11.2. The summed E-state index contributed by atoms with van der Waals surface area (Å²) in [6.07, 6.45) is 6.54. The molecule has 0 fully saturated rings. The number of amides is 2. The van der Waals surface area contributed by atoms with Gasteiger partial charge in [0.1, 0.15) is 30.2 Å². The predicted octanol–water partition coefficient (Wildman–Crippen LogP) is 8.54. The van der Waals surface area contributed by atoms with Crippen molar-refractivity contribution in [3.63, 3.8) is 0 Å². The maximum atomic E-state index is 12.7. The van der Waals surface area contributed by atoms with Crippen LogP contribution in [-0.4, -0.2) is 33.4 Å². The zero-order chi connectivity index (χ0) is 35.9. The summed E-state index contributed by atoms with van der Waals surface area (Å²) in [4.78, 5) is 33.6. The molecule has 0 aliphatic heterocycles.